The maximum atomic E-state index is 12.4. The molecule has 1 aromatic rings. The lowest BCUT2D eigenvalue weighted by Crippen LogP contribution is -2.46. The summed E-state index contributed by atoms with van der Waals surface area (Å²) in [7, 11) is 0. The highest BCUT2D eigenvalue weighted by Gasteiger charge is 2.48. The first-order valence-corrected chi connectivity index (χ1v) is 7.59. The van der Waals surface area contributed by atoms with Crippen LogP contribution < -0.4 is 5.32 Å². The number of rotatable bonds is 3. The minimum atomic E-state index is -0.332. The number of nitrogens with one attached hydrogen (secondary N) is 1. The molecular weight excluding hydrogens is 260 g/mol. The van der Waals surface area contributed by atoms with Crippen LogP contribution in [-0.4, -0.2) is 35.1 Å². The zero-order valence-electron chi connectivity index (χ0n) is 10.8. The molecular formula is C14H16N2O2S. The second-order valence-electron chi connectivity index (χ2n) is 4.79. The highest BCUT2D eigenvalue weighted by atomic mass is 32.2. The average Bonchev–Trinajstić information content (AvgIpc) is 2.98. The van der Waals surface area contributed by atoms with Crippen LogP contribution in [-0.2, 0) is 4.79 Å². The average molecular weight is 276 g/mol. The first kappa shape index (κ1) is 12.5. The van der Waals surface area contributed by atoms with Gasteiger partial charge in [-0.15, -0.1) is 11.8 Å². The summed E-state index contributed by atoms with van der Waals surface area (Å²) in [4.78, 5) is 26.3. The smallest absolute Gasteiger partial charge is 0.256 e. The van der Waals surface area contributed by atoms with E-state index in [1.807, 2.05) is 31.2 Å². The molecule has 0 unspecified atom stereocenters. The molecule has 0 radical (unpaired) electrons. The molecule has 0 spiro atoms. The number of carbonyl (C=O) groups is 2. The molecule has 3 rings (SSSR count). The summed E-state index contributed by atoms with van der Waals surface area (Å²) in [6.07, 6.45) is 0.906. The minimum Gasteiger partial charge on any atom is -0.354 e. The number of nitrogens with zero attached hydrogens (tertiary/aromatic N) is 1. The Balaban J connectivity index is 1.85. The first-order valence-electron chi connectivity index (χ1n) is 6.55. The molecule has 2 heterocycles. The van der Waals surface area contributed by atoms with Crippen LogP contribution in [0.3, 0.4) is 0 Å². The van der Waals surface area contributed by atoms with Gasteiger partial charge in [0.1, 0.15) is 11.4 Å². The lowest BCUT2D eigenvalue weighted by molar-refractivity contribution is -0.124. The van der Waals surface area contributed by atoms with Crippen LogP contribution in [0.25, 0.3) is 0 Å². The van der Waals surface area contributed by atoms with Gasteiger partial charge in [0.15, 0.2) is 0 Å². The molecule has 0 bridgehead atoms. The maximum absolute atomic E-state index is 12.4. The summed E-state index contributed by atoms with van der Waals surface area (Å²) >= 11 is 1.67. The molecule has 1 aromatic carbocycles. The van der Waals surface area contributed by atoms with Gasteiger partial charge in [-0.2, -0.15) is 0 Å². The third-order valence-electron chi connectivity index (χ3n) is 3.54. The molecule has 4 nitrogen and oxygen atoms in total. The van der Waals surface area contributed by atoms with Crippen LogP contribution >= 0.6 is 11.8 Å². The molecule has 2 aliphatic heterocycles. The number of benzene rings is 1. The van der Waals surface area contributed by atoms with Crippen molar-refractivity contribution in [1.29, 1.82) is 0 Å². The van der Waals surface area contributed by atoms with Crippen molar-refractivity contribution in [1.82, 2.24) is 10.2 Å². The number of hydrogen-bond donors (Lipinski definition) is 1. The van der Waals surface area contributed by atoms with Gasteiger partial charge in [0.2, 0.25) is 5.91 Å². The Morgan fingerprint density at radius 3 is 3.05 bits per heavy atom. The van der Waals surface area contributed by atoms with E-state index in [9.17, 15) is 9.59 Å². The SMILES string of the molecule is CCCNC(=O)[C@H]1CS[C@H]2c3ccccc3C(=O)N12. The molecule has 1 saturated heterocycles. The zero-order chi connectivity index (χ0) is 13.4. The normalized spacial score (nSPS) is 24.3. The van der Waals surface area contributed by atoms with Crippen LogP contribution in [0, 0.1) is 0 Å². The number of fused-ring (bicyclic) bond motifs is 3. The Labute approximate surface area is 116 Å². The summed E-state index contributed by atoms with van der Waals surface area (Å²) in [5, 5.41) is 2.90. The van der Waals surface area contributed by atoms with Gasteiger partial charge in [0.05, 0.1) is 0 Å². The minimum absolute atomic E-state index is 0.0118. The van der Waals surface area contributed by atoms with Crippen molar-refractivity contribution in [2.24, 2.45) is 0 Å². The van der Waals surface area contributed by atoms with Crippen molar-refractivity contribution in [2.45, 2.75) is 24.8 Å². The second-order valence-corrected chi connectivity index (χ2v) is 5.91. The van der Waals surface area contributed by atoms with Crippen molar-refractivity contribution in [3.05, 3.63) is 35.4 Å². The molecule has 1 fully saturated rings. The van der Waals surface area contributed by atoms with E-state index in [-0.39, 0.29) is 23.2 Å². The van der Waals surface area contributed by atoms with Gasteiger partial charge in [-0.25, -0.2) is 0 Å². The van der Waals surface area contributed by atoms with E-state index in [0.29, 0.717) is 12.3 Å². The monoisotopic (exact) mass is 276 g/mol. The number of thioether (sulfide) groups is 1. The Morgan fingerprint density at radius 2 is 2.26 bits per heavy atom. The van der Waals surface area contributed by atoms with Crippen LogP contribution in [0.5, 0.6) is 0 Å². The van der Waals surface area contributed by atoms with Gasteiger partial charge in [-0.3, -0.25) is 9.59 Å². The molecule has 100 valence electrons. The molecule has 2 aliphatic rings. The molecule has 0 saturated carbocycles. The zero-order valence-corrected chi connectivity index (χ0v) is 11.6. The third-order valence-corrected chi connectivity index (χ3v) is 4.85. The number of hydrogen-bond acceptors (Lipinski definition) is 3. The highest BCUT2D eigenvalue weighted by Crippen LogP contribution is 2.47. The van der Waals surface area contributed by atoms with Crippen molar-refractivity contribution in [2.75, 3.05) is 12.3 Å². The van der Waals surface area contributed by atoms with E-state index < -0.39 is 0 Å². The topological polar surface area (TPSA) is 49.4 Å². The largest absolute Gasteiger partial charge is 0.354 e. The van der Waals surface area contributed by atoms with Gasteiger partial charge in [-0.1, -0.05) is 25.1 Å². The molecule has 1 N–H and O–H groups in total. The van der Waals surface area contributed by atoms with Gasteiger partial charge < -0.3 is 10.2 Å². The Bertz CT molecular complexity index is 532. The lowest BCUT2D eigenvalue weighted by Gasteiger charge is -2.22. The number of carbonyl (C=O) groups excluding carboxylic acids is 2. The Kier molecular flexibility index (Phi) is 3.22. The van der Waals surface area contributed by atoms with E-state index in [4.69, 9.17) is 0 Å². The van der Waals surface area contributed by atoms with Gasteiger partial charge in [0.25, 0.3) is 5.91 Å². The van der Waals surface area contributed by atoms with Gasteiger partial charge in [-0.05, 0) is 18.1 Å². The van der Waals surface area contributed by atoms with Crippen molar-refractivity contribution in [3.8, 4) is 0 Å². The van der Waals surface area contributed by atoms with Crippen molar-refractivity contribution < 1.29 is 9.59 Å². The van der Waals surface area contributed by atoms with E-state index in [1.165, 1.54) is 0 Å². The predicted molar refractivity (Wildman–Crippen MR) is 74.9 cm³/mol. The van der Waals surface area contributed by atoms with Gasteiger partial charge >= 0.3 is 0 Å². The molecule has 0 aromatic heterocycles. The summed E-state index contributed by atoms with van der Waals surface area (Å²) in [5.41, 5.74) is 1.79. The fraction of sp³-hybridized carbons (Fsp3) is 0.429. The molecule has 0 aliphatic carbocycles. The van der Waals surface area contributed by atoms with Crippen LogP contribution in [0.1, 0.15) is 34.6 Å². The van der Waals surface area contributed by atoms with Crippen LogP contribution in [0.2, 0.25) is 0 Å². The molecule has 2 amide bonds. The number of amides is 2. The standard InChI is InChI=1S/C14H16N2O2S/c1-2-7-15-12(17)11-8-19-14-10-6-4-3-5-9(10)13(18)16(11)14/h3-6,11,14H,2,7-8H2,1H3,(H,15,17)/t11-,14+/m1/s1. The fourth-order valence-electron chi connectivity index (χ4n) is 2.61. The lowest BCUT2D eigenvalue weighted by atomic mass is 10.1. The summed E-state index contributed by atoms with van der Waals surface area (Å²) in [6.45, 7) is 2.68. The van der Waals surface area contributed by atoms with E-state index in [1.54, 1.807) is 16.7 Å². The van der Waals surface area contributed by atoms with E-state index in [0.717, 1.165) is 17.5 Å². The van der Waals surface area contributed by atoms with Crippen LogP contribution in [0.15, 0.2) is 24.3 Å². The van der Waals surface area contributed by atoms with Crippen LogP contribution in [0.4, 0.5) is 0 Å². The summed E-state index contributed by atoms with van der Waals surface area (Å²) < 4.78 is 0. The highest BCUT2D eigenvalue weighted by molar-refractivity contribution is 7.99. The van der Waals surface area contributed by atoms with E-state index >= 15 is 0 Å². The molecule has 2 atom stereocenters. The molecule has 19 heavy (non-hydrogen) atoms. The fourth-order valence-corrected chi connectivity index (χ4v) is 4.07. The second kappa shape index (κ2) is 4.89. The Morgan fingerprint density at radius 1 is 1.47 bits per heavy atom. The van der Waals surface area contributed by atoms with Crippen molar-refractivity contribution in [3.63, 3.8) is 0 Å². The molecule has 5 heteroatoms. The summed E-state index contributed by atoms with van der Waals surface area (Å²) in [5.74, 6) is 0.639. The predicted octanol–water partition coefficient (Wildman–Crippen LogP) is 1.78. The quantitative estimate of drug-likeness (QED) is 0.915. The van der Waals surface area contributed by atoms with Gasteiger partial charge in [0, 0.05) is 17.9 Å². The summed E-state index contributed by atoms with van der Waals surface area (Å²) in [6, 6.07) is 7.31. The van der Waals surface area contributed by atoms with Crippen molar-refractivity contribution >= 4 is 23.6 Å². The third kappa shape index (κ3) is 1.92. The Hall–Kier alpha value is -1.49. The first-order chi connectivity index (χ1) is 9.24. The van der Waals surface area contributed by atoms with E-state index in [2.05, 4.69) is 5.32 Å². The maximum Gasteiger partial charge on any atom is 0.256 e.